The van der Waals surface area contributed by atoms with Gasteiger partial charge in [0, 0.05) is 6.54 Å². The average Bonchev–Trinajstić information content (AvgIpc) is 2.42. The van der Waals surface area contributed by atoms with Crippen molar-refractivity contribution in [3.8, 4) is 5.75 Å². The first kappa shape index (κ1) is 15.0. The average molecular weight is 265 g/mol. The Morgan fingerprint density at radius 1 is 1.32 bits per heavy atom. The first-order valence-corrected chi connectivity index (χ1v) is 6.24. The topological polar surface area (TPSA) is 75.6 Å². The van der Waals surface area contributed by atoms with Crippen LogP contribution >= 0.6 is 0 Å². The molecule has 2 N–H and O–H groups in total. The minimum Gasteiger partial charge on any atom is -0.484 e. The molecular weight excluding hydrogens is 246 g/mol. The number of nitrogens with one attached hydrogen (secondary N) is 1. The molecule has 0 saturated carbocycles. The number of aryl methyl sites for hydroxylation is 1. The number of carboxylic acid groups (broad SMARTS) is 1. The molecule has 5 nitrogen and oxygen atoms in total. The zero-order valence-electron chi connectivity index (χ0n) is 11.2. The molecule has 0 radical (unpaired) electrons. The molecule has 0 saturated heterocycles. The quantitative estimate of drug-likeness (QED) is 0.782. The molecule has 1 aromatic rings. The minimum atomic E-state index is -0.934. The van der Waals surface area contributed by atoms with Crippen LogP contribution in [-0.2, 0) is 16.0 Å². The monoisotopic (exact) mass is 265 g/mol. The molecule has 0 aliphatic carbocycles. The van der Waals surface area contributed by atoms with Crippen LogP contribution in [0.25, 0.3) is 0 Å². The zero-order valence-corrected chi connectivity index (χ0v) is 11.2. The van der Waals surface area contributed by atoms with Crippen LogP contribution in [-0.4, -0.2) is 30.1 Å². The van der Waals surface area contributed by atoms with Gasteiger partial charge in [-0.25, -0.2) is 0 Å². The van der Waals surface area contributed by atoms with Gasteiger partial charge in [-0.3, -0.25) is 9.59 Å². The van der Waals surface area contributed by atoms with E-state index in [4.69, 9.17) is 9.84 Å². The van der Waals surface area contributed by atoms with Crippen LogP contribution in [0.3, 0.4) is 0 Å². The second-order valence-electron chi connectivity index (χ2n) is 4.33. The predicted octanol–water partition coefficient (Wildman–Crippen LogP) is 1.46. The molecule has 0 aliphatic heterocycles. The third-order valence-electron chi connectivity index (χ3n) is 2.73. The smallest absolute Gasteiger partial charge is 0.308 e. The van der Waals surface area contributed by atoms with E-state index in [0.29, 0.717) is 5.75 Å². The Hall–Kier alpha value is -2.04. The maximum atomic E-state index is 11.4. The summed E-state index contributed by atoms with van der Waals surface area (Å²) in [5, 5.41) is 11.2. The molecule has 1 aromatic carbocycles. The molecule has 0 fully saturated rings. The number of carboxylic acids is 1. The molecule has 19 heavy (non-hydrogen) atoms. The highest BCUT2D eigenvalue weighted by atomic mass is 16.5. The summed E-state index contributed by atoms with van der Waals surface area (Å²) in [6.45, 7) is 3.59. The number of rotatable bonds is 7. The standard InChI is InChI=1S/C14H19NO4/c1-3-11-4-6-12(7-5-11)19-9-13(16)15-8-10(2)14(17)18/h4-7,10H,3,8-9H2,1-2H3,(H,15,16)(H,17,18). The molecule has 1 unspecified atom stereocenters. The number of carbonyl (C=O) groups excluding carboxylic acids is 1. The van der Waals surface area contributed by atoms with Crippen LogP contribution in [0.1, 0.15) is 19.4 Å². The number of benzene rings is 1. The first-order chi connectivity index (χ1) is 9.02. The van der Waals surface area contributed by atoms with E-state index >= 15 is 0 Å². The first-order valence-electron chi connectivity index (χ1n) is 6.24. The largest absolute Gasteiger partial charge is 0.484 e. The lowest BCUT2D eigenvalue weighted by molar-refractivity contribution is -0.141. The normalized spacial score (nSPS) is 11.7. The number of ether oxygens (including phenoxy) is 1. The summed E-state index contributed by atoms with van der Waals surface area (Å²) >= 11 is 0. The second kappa shape index (κ2) is 7.41. The van der Waals surface area contributed by atoms with E-state index in [1.54, 1.807) is 0 Å². The highest BCUT2D eigenvalue weighted by Gasteiger charge is 2.12. The van der Waals surface area contributed by atoms with E-state index in [0.717, 1.165) is 6.42 Å². The molecule has 1 amide bonds. The van der Waals surface area contributed by atoms with Crippen molar-refractivity contribution in [1.82, 2.24) is 5.32 Å². The van der Waals surface area contributed by atoms with Gasteiger partial charge in [0.2, 0.25) is 0 Å². The minimum absolute atomic E-state index is 0.103. The fourth-order valence-electron chi connectivity index (χ4n) is 1.38. The lowest BCUT2D eigenvalue weighted by Gasteiger charge is -2.09. The third kappa shape index (κ3) is 5.42. The SMILES string of the molecule is CCc1ccc(OCC(=O)NCC(C)C(=O)O)cc1. The van der Waals surface area contributed by atoms with Gasteiger partial charge in [-0.1, -0.05) is 26.0 Å². The summed E-state index contributed by atoms with van der Waals surface area (Å²) in [7, 11) is 0. The van der Waals surface area contributed by atoms with Crippen molar-refractivity contribution in [2.45, 2.75) is 20.3 Å². The van der Waals surface area contributed by atoms with E-state index in [2.05, 4.69) is 12.2 Å². The number of aliphatic carboxylic acids is 1. The Morgan fingerprint density at radius 2 is 1.95 bits per heavy atom. The third-order valence-corrected chi connectivity index (χ3v) is 2.73. The van der Waals surface area contributed by atoms with Crippen LogP contribution < -0.4 is 10.1 Å². The molecule has 0 aromatic heterocycles. The Balaban J connectivity index is 2.31. The number of carbonyl (C=O) groups is 2. The van der Waals surface area contributed by atoms with Crippen LogP contribution in [0, 0.1) is 5.92 Å². The number of amides is 1. The van der Waals surface area contributed by atoms with Crippen molar-refractivity contribution in [1.29, 1.82) is 0 Å². The highest BCUT2D eigenvalue weighted by molar-refractivity contribution is 5.78. The van der Waals surface area contributed by atoms with Gasteiger partial charge in [-0.05, 0) is 24.1 Å². The fraction of sp³-hybridized carbons (Fsp3) is 0.429. The van der Waals surface area contributed by atoms with Crippen molar-refractivity contribution < 1.29 is 19.4 Å². The van der Waals surface area contributed by atoms with Crippen LogP contribution in [0.2, 0.25) is 0 Å². The van der Waals surface area contributed by atoms with Gasteiger partial charge in [0.15, 0.2) is 6.61 Å². The van der Waals surface area contributed by atoms with Crippen molar-refractivity contribution >= 4 is 11.9 Å². The van der Waals surface area contributed by atoms with Gasteiger partial charge in [0.1, 0.15) is 5.75 Å². The Kier molecular flexibility index (Phi) is 5.85. The van der Waals surface area contributed by atoms with Crippen LogP contribution in [0.5, 0.6) is 5.75 Å². The van der Waals surface area contributed by atoms with Gasteiger partial charge in [0.05, 0.1) is 5.92 Å². The second-order valence-corrected chi connectivity index (χ2v) is 4.33. The van der Waals surface area contributed by atoms with Gasteiger partial charge in [-0.2, -0.15) is 0 Å². The van der Waals surface area contributed by atoms with Gasteiger partial charge >= 0.3 is 5.97 Å². The van der Waals surface area contributed by atoms with E-state index in [-0.39, 0.29) is 19.1 Å². The van der Waals surface area contributed by atoms with Crippen LogP contribution in [0.15, 0.2) is 24.3 Å². The van der Waals surface area contributed by atoms with Crippen molar-refractivity contribution in [2.75, 3.05) is 13.2 Å². The van der Waals surface area contributed by atoms with Gasteiger partial charge < -0.3 is 15.2 Å². The Labute approximate surface area is 112 Å². The van der Waals surface area contributed by atoms with E-state index in [9.17, 15) is 9.59 Å². The van der Waals surface area contributed by atoms with E-state index < -0.39 is 11.9 Å². The number of hydrogen-bond acceptors (Lipinski definition) is 3. The summed E-state index contributed by atoms with van der Waals surface area (Å²) in [6, 6.07) is 7.51. The molecule has 0 heterocycles. The van der Waals surface area contributed by atoms with Crippen LogP contribution in [0.4, 0.5) is 0 Å². The number of hydrogen-bond donors (Lipinski definition) is 2. The zero-order chi connectivity index (χ0) is 14.3. The lowest BCUT2D eigenvalue weighted by Crippen LogP contribution is -2.34. The predicted molar refractivity (Wildman–Crippen MR) is 71.1 cm³/mol. The molecule has 0 aliphatic rings. The molecule has 5 heteroatoms. The molecule has 1 atom stereocenters. The summed E-state index contributed by atoms with van der Waals surface area (Å²) in [4.78, 5) is 22.0. The van der Waals surface area contributed by atoms with Crippen molar-refractivity contribution in [3.05, 3.63) is 29.8 Å². The molecule has 0 bridgehead atoms. The summed E-state index contributed by atoms with van der Waals surface area (Å²) < 4.78 is 5.30. The van der Waals surface area contributed by atoms with E-state index in [1.165, 1.54) is 12.5 Å². The lowest BCUT2D eigenvalue weighted by atomic mass is 10.2. The summed E-state index contributed by atoms with van der Waals surface area (Å²) in [6.07, 6.45) is 0.952. The van der Waals surface area contributed by atoms with Gasteiger partial charge in [0.25, 0.3) is 5.91 Å². The Morgan fingerprint density at radius 3 is 2.47 bits per heavy atom. The maximum Gasteiger partial charge on any atom is 0.308 e. The Bertz CT molecular complexity index is 428. The fourth-order valence-corrected chi connectivity index (χ4v) is 1.38. The maximum absolute atomic E-state index is 11.4. The van der Waals surface area contributed by atoms with Gasteiger partial charge in [-0.15, -0.1) is 0 Å². The van der Waals surface area contributed by atoms with E-state index in [1.807, 2.05) is 24.3 Å². The van der Waals surface area contributed by atoms with Crippen molar-refractivity contribution in [2.24, 2.45) is 5.92 Å². The summed E-state index contributed by atoms with van der Waals surface area (Å²) in [5.41, 5.74) is 1.20. The molecule has 0 spiro atoms. The summed E-state index contributed by atoms with van der Waals surface area (Å²) in [5.74, 6) is -1.24. The molecule has 104 valence electrons. The highest BCUT2D eigenvalue weighted by Crippen LogP contribution is 2.12. The van der Waals surface area contributed by atoms with Crippen molar-refractivity contribution in [3.63, 3.8) is 0 Å². The molecule has 1 rings (SSSR count). The molecular formula is C14H19NO4.